The fraction of sp³-hybridized carbons (Fsp3) is 0.150. The van der Waals surface area contributed by atoms with Gasteiger partial charge in [0.1, 0.15) is 29.0 Å². The number of hydrogen-bond donors (Lipinski definition) is 1. The molecule has 0 radical (unpaired) electrons. The molecule has 1 atom stereocenters. The van der Waals surface area contributed by atoms with Gasteiger partial charge in [-0.25, -0.2) is 13.6 Å². The van der Waals surface area contributed by atoms with Crippen molar-refractivity contribution in [3.8, 4) is 0 Å². The predicted octanol–water partition coefficient (Wildman–Crippen LogP) is 4.07. The Morgan fingerprint density at radius 2 is 1.93 bits per heavy atom. The Bertz CT molecular complexity index is 944. The lowest BCUT2D eigenvalue weighted by atomic mass is 10.1. The highest BCUT2D eigenvalue weighted by Gasteiger charge is 2.25. The van der Waals surface area contributed by atoms with Crippen LogP contribution in [0.1, 0.15) is 15.9 Å². The van der Waals surface area contributed by atoms with Crippen LogP contribution in [0.4, 0.5) is 14.5 Å². The van der Waals surface area contributed by atoms with Crippen molar-refractivity contribution in [2.45, 2.75) is 12.8 Å². The number of allylic oxidation sites excluding steroid dienone is 1. The van der Waals surface area contributed by atoms with E-state index < -0.39 is 23.8 Å². The van der Waals surface area contributed by atoms with Gasteiger partial charge in [-0.3, -0.25) is 0 Å². The van der Waals surface area contributed by atoms with Crippen molar-refractivity contribution in [3.05, 3.63) is 88.3 Å². The van der Waals surface area contributed by atoms with Crippen LogP contribution in [0.15, 0.2) is 65.5 Å². The van der Waals surface area contributed by atoms with E-state index in [1.807, 2.05) is 0 Å². The number of aliphatic hydroxyl groups excluding tert-OH is 1. The van der Waals surface area contributed by atoms with Gasteiger partial charge in [-0.1, -0.05) is 11.6 Å². The maximum atomic E-state index is 13.7. The summed E-state index contributed by atoms with van der Waals surface area (Å²) < 4.78 is 36.8. The molecule has 1 N–H and O–H groups in total. The van der Waals surface area contributed by atoms with Crippen molar-refractivity contribution in [1.82, 2.24) is 0 Å². The van der Waals surface area contributed by atoms with Crippen molar-refractivity contribution in [2.24, 2.45) is 0 Å². The van der Waals surface area contributed by atoms with Crippen LogP contribution in [0, 0.1) is 11.6 Å². The number of aliphatic hydroxyl groups is 1. The number of methoxy groups -OCH3 is 1. The smallest absolute Gasteiger partial charge is 0.337 e. The molecule has 0 bridgehead atoms. The highest BCUT2D eigenvalue weighted by molar-refractivity contribution is 6.30. The number of nitrogens with zero attached hydrogens (tertiary/aromatic N) is 1. The third kappa shape index (κ3) is 4.16. The number of anilines is 1. The van der Waals surface area contributed by atoms with Crippen molar-refractivity contribution in [1.29, 1.82) is 0 Å². The van der Waals surface area contributed by atoms with Crippen molar-refractivity contribution >= 4 is 23.3 Å². The van der Waals surface area contributed by atoms with Crippen LogP contribution in [0.3, 0.4) is 0 Å². The first-order chi connectivity index (χ1) is 13.4. The summed E-state index contributed by atoms with van der Waals surface area (Å²) in [5, 5.41) is 10.5. The Balaban J connectivity index is 1.71. The van der Waals surface area contributed by atoms with E-state index in [2.05, 4.69) is 4.74 Å². The number of esters is 1. The SMILES string of the molecule is COC(=O)c1ccc(N2C=CC(OCc3ccc(F)cc3F)=C(Cl)C2O)cc1. The van der Waals surface area contributed by atoms with E-state index >= 15 is 0 Å². The number of carbonyl (C=O) groups excluding carboxylic acids is 1. The molecule has 0 saturated carbocycles. The minimum atomic E-state index is -1.23. The van der Waals surface area contributed by atoms with Crippen molar-refractivity contribution < 1.29 is 28.2 Å². The van der Waals surface area contributed by atoms with E-state index in [0.29, 0.717) is 11.3 Å². The van der Waals surface area contributed by atoms with Gasteiger partial charge in [-0.15, -0.1) is 0 Å². The van der Waals surface area contributed by atoms with E-state index in [1.54, 1.807) is 30.5 Å². The zero-order valence-corrected chi connectivity index (χ0v) is 15.5. The maximum absolute atomic E-state index is 13.7. The zero-order chi connectivity index (χ0) is 20.3. The lowest BCUT2D eigenvalue weighted by Crippen LogP contribution is -2.33. The van der Waals surface area contributed by atoms with E-state index in [-0.39, 0.29) is 23.0 Å². The number of ether oxygens (including phenoxy) is 2. The lowest BCUT2D eigenvalue weighted by Gasteiger charge is -2.30. The summed E-state index contributed by atoms with van der Waals surface area (Å²) in [6.07, 6.45) is 1.83. The molecule has 8 heteroatoms. The number of rotatable bonds is 5. The van der Waals surface area contributed by atoms with Crippen LogP contribution in [0.25, 0.3) is 0 Å². The summed E-state index contributed by atoms with van der Waals surface area (Å²) in [4.78, 5) is 13.0. The van der Waals surface area contributed by atoms with Crippen molar-refractivity contribution in [3.63, 3.8) is 0 Å². The summed E-state index contributed by atoms with van der Waals surface area (Å²) in [5.74, 6) is -1.71. The van der Waals surface area contributed by atoms with E-state index in [0.717, 1.165) is 12.1 Å². The summed E-state index contributed by atoms with van der Waals surface area (Å²) in [5.41, 5.74) is 1.11. The molecule has 0 amide bonds. The molecule has 1 aliphatic heterocycles. The maximum Gasteiger partial charge on any atom is 0.337 e. The van der Waals surface area contributed by atoms with Crippen LogP contribution in [-0.2, 0) is 16.1 Å². The van der Waals surface area contributed by atoms with Gasteiger partial charge in [0.2, 0.25) is 0 Å². The first-order valence-corrected chi connectivity index (χ1v) is 8.58. The van der Waals surface area contributed by atoms with Crippen LogP contribution < -0.4 is 4.90 Å². The van der Waals surface area contributed by atoms with Gasteiger partial charge in [0.25, 0.3) is 0 Å². The molecule has 3 rings (SSSR count). The number of benzene rings is 2. The molecule has 1 unspecified atom stereocenters. The molecule has 0 fully saturated rings. The number of hydrogen-bond acceptors (Lipinski definition) is 5. The standard InChI is InChI=1S/C20H16ClF2NO4/c1-27-20(26)12-3-6-15(7-4-12)24-9-8-17(18(21)19(24)25)28-11-13-2-5-14(22)10-16(13)23/h2-10,19,25H,11H2,1H3. The monoisotopic (exact) mass is 407 g/mol. The molecule has 0 aromatic heterocycles. The molecule has 2 aromatic rings. The lowest BCUT2D eigenvalue weighted by molar-refractivity contribution is 0.0600. The molecule has 0 saturated heterocycles. The number of halogens is 3. The molecule has 1 aliphatic rings. The summed E-state index contributed by atoms with van der Waals surface area (Å²) in [6.45, 7) is -0.178. The molecule has 146 valence electrons. The molecular weight excluding hydrogens is 392 g/mol. The quantitative estimate of drug-likeness (QED) is 0.757. The minimum Gasteiger partial charge on any atom is -0.487 e. The summed E-state index contributed by atoms with van der Waals surface area (Å²) in [7, 11) is 1.29. The van der Waals surface area contributed by atoms with Gasteiger partial charge in [0.05, 0.1) is 12.7 Å². The average Bonchev–Trinajstić information content (AvgIpc) is 2.70. The predicted molar refractivity (Wildman–Crippen MR) is 99.4 cm³/mol. The van der Waals surface area contributed by atoms with E-state index in [1.165, 1.54) is 24.2 Å². The molecule has 1 heterocycles. The minimum absolute atomic E-state index is 0.00191. The van der Waals surface area contributed by atoms with Crippen LogP contribution in [0.5, 0.6) is 0 Å². The fourth-order valence-corrected chi connectivity index (χ4v) is 2.81. The molecule has 2 aromatic carbocycles. The largest absolute Gasteiger partial charge is 0.487 e. The van der Waals surface area contributed by atoms with E-state index in [4.69, 9.17) is 16.3 Å². The normalized spacial score (nSPS) is 16.3. The topological polar surface area (TPSA) is 59.0 Å². The second kappa shape index (κ2) is 8.41. The molecule has 5 nitrogen and oxygen atoms in total. The molecule has 0 spiro atoms. The average molecular weight is 408 g/mol. The first-order valence-electron chi connectivity index (χ1n) is 8.20. The zero-order valence-electron chi connectivity index (χ0n) is 14.7. The molecule has 28 heavy (non-hydrogen) atoms. The third-order valence-corrected chi connectivity index (χ3v) is 4.48. The van der Waals surface area contributed by atoms with Crippen LogP contribution >= 0.6 is 11.6 Å². The Labute approximate surface area is 165 Å². The Kier molecular flexibility index (Phi) is 5.96. The summed E-state index contributed by atoms with van der Waals surface area (Å²) in [6, 6.07) is 9.54. The van der Waals surface area contributed by atoms with Gasteiger partial charge in [0.15, 0.2) is 6.23 Å². The van der Waals surface area contributed by atoms with Gasteiger partial charge >= 0.3 is 5.97 Å². The van der Waals surface area contributed by atoms with Crippen LogP contribution in [0.2, 0.25) is 0 Å². The molecular formula is C20H16ClF2NO4. The first kappa shape index (κ1) is 19.9. The third-order valence-electron chi connectivity index (χ3n) is 4.10. The Morgan fingerprint density at radius 1 is 1.21 bits per heavy atom. The molecule has 0 aliphatic carbocycles. The van der Waals surface area contributed by atoms with Crippen molar-refractivity contribution in [2.75, 3.05) is 12.0 Å². The highest BCUT2D eigenvalue weighted by Crippen LogP contribution is 2.30. The van der Waals surface area contributed by atoms with Gasteiger partial charge in [-0.2, -0.15) is 0 Å². The van der Waals surface area contributed by atoms with Gasteiger partial charge in [0, 0.05) is 23.5 Å². The van der Waals surface area contributed by atoms with Gasteiger partial charge < -0.3 is 19.5 Å². The van der Waals surface area contributed by atoms with Gasteiger partial charge in [-0.05, 0) is 42.5 Å². The Hall–Kier alpha value is -2.90. The summed E-state index contributed by atoms with van der Waals surface area (Å²) >= 11 is 6.20. The van der Waals surface area contributed by atoms with Crippen LogP contribution in [-0.4, -0.2) is 24.4 Å². The highest BCUT2D eigenvalue weighted by atomic mass is 35.5. The second-order valence-corrected chi connectivity index (χ2v) is 6.28. The second-order valence-electron chi connectivity index (χ2n) is 5.87. The fourth-order valence-electron chi connectivity index (χ4n) is 2.58. The Morgan fingerprint density at radius 3 is 2.57 bits per heavy atom. The number of carbonyl (C=O) groups is 1. The van der Waals surface area contributed by atoms with E-state index in [9.17, 15) is 18.7 Å².